The molecule has 0 aliphatic rings. The molecule has 7 heteroatoms. The number of carbonyl (C=O) groups is 1. The molecule has 0 saturated heterocycles. The van der Waals surface area contributed by atoms with Crippen LogP contribution >= 0.6 is 11.6 Å². The van der Waals surface area contributed by atoms with Gasteiger partial charge in [-0.25, -0.2) is 4.39 Å². The SMILES string of the molecule is O=C(NCc1cc(Cl)ccc1F)C(F)(F)F. The highest BCUT2D eigenvalue weighted by atomic mass is 35.5. The molecule has 1 amide bonds. The van der Waals surface area contributed by atoms with E-state index in [0.717, 1.165) is 12.1 Å². The Labute approximate surface area is 93.2 Å². The number of hydrogen-bond donors (Lipinski definition) is 1. The van der Waals surface area contributed by atoms with Gasteiger partial charge in [0.15, 0.2) is 0 Å². The van der Waals surface area contributed by atoms with Gasteiger partial charge in [-0.15, -0.1) is 0 Å². The summed E-state index contributed by atoms with van der Waals surface area (Å²) in [4.78, 5) is 10.4. The Kier molecular flexibility index (Phi) is 3.74. The molecule has 88 valence electrons. The van der Waals surface area contributed by atoms with E-state index < -0.39 is 24.4 Å². The van der Waals surface area contributed by atoms with E-state index >= 15 is 0 Å². The standard InChI is InChI=1S/C9H6ClF4NO/c10-6-1-2-7(11)5(3-6)4-15-8(16)9(12,13)14/h1-3H,4H2,(H,15,16). The third-order valence-electron chi connectivity index (χ3n) is 1.70. The second kappa shape index (κ2) is 4.69. The lowest BCUT2D eigenvalue weighted by atomic mass is 10.2. The molecule has 1 rings (SSSR count). The van der Waals surface area contributed by atoms with E-state index in [1.807, 2.05) is 0 Å². The van der Waals surface area contributed by atoms with E-state index in [0.29, 0.717) is 0 Å². The summed E-state index contributed by atoms with van der Waals surface area (Å²) in [5.41, 5.74) is -0.106. The first-order valence-electron chi connectivity index (χ1n) is 4.09. The predicted octanol–water partition coefficient (Wildman–Crippen LogP) is 2.66. The lowest BCUT2D eigenvalue weighted by Gasteiger charge is -2.08. The Morgan fingerprint density at radius 3 is 2.56 bits per heavy atom. The molecule has 0 radical (unpaired) electrons. The van der Waals surface area contributed by atoms with Crippen LogP contribution in [-0.2, 0) is 11.3 Å². The summed E-state index contributed by atoms with van der Waals surface area (Å²) in [7, 11) is 0. The van der Waals surface area contributed by atoms with Crippen molar-refractivity contribution in [2.75, 3.05) is 0 Å². The molecule has 0 aliphatic heterocycles. The van der Waals surface area contributed by atoms with Crippen molar-refractivity contribution in [1.82, 2.24) is 5.32 Å². The summed E-state index contributed by atoms with van der Waals surface area (Å²) < 4.78 is 48.4. The molecule has 0 unspecified atom stereocenters. The largest absolute Gasteiger partial charge is 0.471 e. The summed E-state index contributed by atoms with van der Waals surface area (Å²) in [6, 6.07) is 3.41. The van der Waals surface area contributed by atoms with Crippen LogP contribution in [0.15, 0.2) is 18.2 Å². The normalized spacial score (nSPS) is 11.3. The van der Waals surface area contributed by atoms with Crippen LogP contribution in [0.2, 0.25) is 5.02 Å². The molecule has 0 saturated carbocycles. The minimum Gasteiger partial charge on any atom is -0.344 e. The predicted molar refractivity (Wildman–Crippen MR) is 49.3 cm³/mol. The Hall–Kier alpha value is -1.30. The molecule has 1 aromatic rings. The first kappa shape index (κ1) is 12.8. The number of halogens is 5. The molecular formula is C9H6ClF4NO. The average Bonchev–Trinajstić information content (AvgIpc) is 2.17. The van der Waals surface area contributed by atoms with Crippen molar-refractivity contribution in [2.24, 2.45) is 0 Å². The molecule has 0 aromatic heterocycles. The second-order valence-corrected chi connectivity index (χ2v) is 3.35. The zero-order valence-corrected chi connectivity index (χ0v) is 8.49. The summed E-state index contributed by atoms with van der Waals surface area (Å²) in [5, 5.41) is 1.72. The first-order chi connectivity index (χ1) is 7.30. The quantitative estimate of drug-likeness (QED) is 0.809. The van der Waals surface area contributed by atoms with Crippen LogP contribution < -0.4 is 5.32 Å². The number of nitrogens with one attached hydrogen (secondary N) is 1. The lowest BCUT2D eigenvalue weighted by molar-refractivity contribution is -0.173. The molecule has 0 aliphatic carbocycles. The zero-order chi connectivity index (χ0) is 12.3. The fourth-order valence-electron chi connectivity index (χ4n) is 0.955. The van der Waals surface area contributed by atoms with Gasteiger partial charge < -0.3 is 5.32 Å². The summed E-state index contributed by atoms with van der Waals surface area (Å²) in [6.07, 6.45) is -4.98. The fourth-order valence-corrected chi connectivity index (χ4v) is 1.15. The maximum absolute atomic E-state index is 13.0. The Morgan fingerprint density at radius 2 is 2.00 bits per heavy atom. The van der Waals surface area contributed by atoms with Crippen LogP contribution in [0, 0.1) is 5.82 Å². The van der Waals surface area contributed by atoms with Gasteiger partial charge in [-0.1, -0.05) is 11.6 Å². The average molecular weight is 256 g/mol. The monoisotopic (exact) mass is 255 g/mol. The van der Waals surface area contributed by atoms with E-state index in [2.05, 4.69) is 0 Å². The van der Waals surface area contributed by atoms with Crippen molar-refractivity contribution >= 4 is 17.5 Å². The van der Waals surface area contributed by atoms with Gasteiger partial charge in [0.25, 0.3) is 0 Å². The van der Waals surface area contributed by atoms with Crippen molar-refractivity contribution in [3.8, 4) is 0 Å². The Balaban J connectivity index is 2.68. The van der Waals surface area contributed by atoms with Gasteiger partial charge >= 0.3 is 12.1 Å². The third kappa shape index (κ3) is 3.37. The maximum Gasteiger partial charge on any atom is 0.471 e. The van der Waals surface area contributed by atoms with Crippen molar-refractivity contribution in [1.29, 1.82) is 0 Å². The smallest absolute Gasteiger partial charge is 0.344 e. The van der Waals surface area contributed by atoms with Crippen molar-refractivity contribution in [3.05, 3.63) is 34.6 Å². The number of amides is 1. The van der Waals surface area contributed by atoms with E-state index in [1.54, 1.807) is 5.32 Å². The molecule has 1 aromatic carbocycles. The fraction of sp³-hybridized carbons (Fsp3) is 0.222. The lowest BCUT2D eigenvalue weighted by Crippen LogP contribution is -2.36. The minimum absolute atomic E-state index is 0.106. The number of alkyl halides is 3. The maximum atomic E-state index is 13.0. The van der Waals surface area contributed by atoms with Gasteiger partial charge in [0, 0.05) is 17.1 Å². The highest BCUT2D eigenvalue weighted by molar-refractivity contribution is 6.30. The zero-order valence-electron chi connectivity index (χ0n) is 7.74. The second-order valence-electron chi connectivity index (χ2n) is 2.92. The Morgan fingerprint density at radius 1 is 1.38 bits per heavy atom. The number of hydrogen-bond acceptors (Lipinski definition) is 1. The van der Waals surface area contributed by atoms with Gasteiger partial charge in [-0.3, -0.25) is 4.79 Å². The highest BCUT2D eigenvalue weighted by Crippen LogP contribution is 2.17. The summed E-state index contributed by atoms with van der Waals surface area (Å²) in [5.74, 6) is -2.85. The van der Waals surface area contributed by atoms with Crippen LogP contribution in [-0.4, -0.2) is 12.1 Å². The van der Waals surface area contributed by atoms with Gasteiger partial charge in [-0.2, -0.15) is 13.2 Å². The van der Waals surface area contributed by atoms with Crippen LogP contribution in [0.5, 0.6) is 0 Å². The van der Waals surface area contributed by atoms with Crippen molar-refractivity contribution in [2.45, 2.75) is 12.7 Å². The van der Waals surface area contributed by atoms with Crippen LogP contribution in [0.3, 0.4) is 0 Å². The van der Waals surface area contributed by atoms with E-state index in [9.17, 15) is 22.4 Å². The van der Waals surface area contributed by atoms with Gasteiger partial charge in [0.05, 0.1) is 0 Å². The van der Waals surface area contributed by atoms with Gasteiger partial charge in [0.2, 0.25) is 0 Å². The molecule has 0 heterocycles. The first-order valence-corrected chi connectivity index (χ1v) is 4.47. The van der Waals surface area contributed by atoms with Gasteiger partial charge in [0.1, 0.15) is 5.82 Å². The molecule has 0 spiro atoms. The van der Waals surface area contributed by atoms with Crippen LogP contribution in [0.4, 0.5) is 17.6 Å². The summed E-state index contributed by atoms with van der Waals surface area (Å²) >= 11 is 5.52. The topological polar surface area (TPSA) is 29.1 Å². The molecule has 0 atom stereocenters. The molecule has 2 nitrogen and oxygen atoms in total. The summed E-state index contributed by atoms with van der Waals surface area (Å²) in [6.45, 7) is -0.565. The minimum atomic E-state index is -4.98. The highest BCUT2D eigenvalue weighted by Gasteiger charge is 2.38. The number of benzene rings is 1. The van der Waals surface area contributed by atoms with Gasteiger partial charge in [-0.05, 0) is 18.2 Å². The number of rotatable bonds is 2. The molecule has 0 fully saturated rings. The van der Waals surface area contributed by atoms with Crippen LogP contribution in [0.1, 0.15) is 5.56 Å². The molecule has 1 N–H and O–H groups in total. The Bertz CT molecular complexity index is 405. The van der Waals surface area contributed by atoms with Crippen molar-refractivity contribution < 1.29 is 22.4 Å². The third-order valence-corrected chi connectivity index (χ3v) is 1.94. The van der Waals surface area contributed by atoms with E-state index in [4.69, 9.17) is 11.6 Å². The van der Waals surface area contributed by atoms with Crippen LogP contribution in [0.25, 0.3) is 0 Å². The molecular weight excluding hydrogens is 250 g/mol. The molecule has 0 bridgehead atoms. The van der Waals surface area contributed by atoms with Crippen molar-refractivity contribution in [3.63, 3.8) is 0 Å². The van der Waals surface area contributed by atoms with E-state index in [-0.39, 0.29) is 10.6 Å². The molecule has 16 heavy (non-hydrogen) atoms. The number of carbonyl (C=O) groups excluding carboxylic acids is 1. The van der Waals surface area contributed by atoms with E-state index in [1.165, 1.54) is 6.07 Å².